The van der Waals surface area contributed by atoms with Gasteiger partial charge in [-0.1, -0.05) is 42.5 Å². The summed E-state index contributed by atoms with van der Waals surface area (Å²) >= 11 is 0. The quantitative estimate of drug-likeness (QED) is 0.769. The van der Waals surface area contributed by atoms with Gasteiger partial charge in [-0.25, -0.2) is 9.18 Å². The van der Waals surface area contributed by atoms with Crippen molar-refractivity contribution < 1.29 is 24.1 Å². The van der Waals surface area contributed by atoms with Gasteiger partial charge >= 0.3 is 6.16 Å². The molecule has 0 aliphatic heterocycles. The van der Waals surface area contributed by atoms with Crippen LogP contribution in [0.25, 0.3) is 5.57 Å². The van der Waals surface area contributed by atoms with Gasteiger partial charge in [0.2, 0.25) is 0 Å². The average Bonchev–Trinajstić information content (AvgIpc) is 2.55. The van der Waals surface area contributed by atoms with E-state index in [1.165, 1.54) is 12.1 Å². The van der Waals surface area contributed by atoms with Gasteiger partial charge < -0.3 is 14.9 Å². The first-order chi connectivity index (χ1) is 11.5. The van der Waals surface area contributed by atoms with E-state index < -0.39 is 6.16 Å². The summed E-state index contributed by atoms with van der Waals surface area (Å²) in [6.45, 7) is 1.95. The van der Waals surface area contributed by atoms with Crippen LogP contribution in [-0.2, 0) is 0 Å². The molecule has 0 spiro atoms. The zero-order chi connectivity index (χ0) is 17.9. The molecule has 0 bridgehead atoms. The predicted molar refractivity (Wildman–Crippen MR) is 91.9 cm³/mol. The molecule has 0 aliphatic rings. The molecule has 0 fully saturated rings. The Morgan fingerprint density at radius 2 is 1.67 bits per heavy atom. The van der Waals surface area contributed by atoms with Crippen LogP contribution >= 0.6 is 0 Å². The first kappa shape index (κ1) is 19.0. The maximum atomic E-state index is 13.4. The molecule has 0 aliphatic carbocycles. The number of rotatable bonds is 4. The van der Waals surface area contributed by atoms with Crippen molar-refractivity contribution in [2.24, 2.45) is 0 Å². The highest BCUT2D eigenvalue weighted by molar-refractivity contribution is 5.81. The standard InChI is InChI=1S/C18H17FO.CH2O3/c1-3-4-11-18(14-7-5-9-16(19)12-14)15-8-6-10-17(13-15)20-2;2-1(3)4/h3-13H,1-2H3;(H2,2,3,4)/b4-3+,18-11-;. The number of carboxylic acid groups (broad SMARTS) is 2. The Hall–Kier alpha value is -3.08. The van der Waals surface area contributed by atoms with Crippen molar-refractivity contribution in [1.29, 1.82) is 0 Å². The van der Waals surface area contributed by atoms with E-state index in [-0.39, 0.29) is 5.82 Å². The second-order valence-corrected chi connectivity index (χ2v) is 4.63. The lowest BCUT2D eigenvalue weighted by molar-refractivity contribution is 0.137. The molecule has 2 rings (SSSR count). The van der Waals surface area contributed by atoms with E-state index in [1.54, 1.807) is 13.2 Å². The van der Waals surface area contributed by atoms with Gasteiger partial charge in [0.15, 0.2) is 0 Å². The summed E-state index contributed by atoms with van der Waals surface area (Å²) in [6.07, 6.45) is 4.03. The van der Waals surface area contributed by atoms with Crippen LogP contribution in [0.15, 0.2) is 66.8 Å². The fraction of sp³-hybridized carbons (Fsp3) is 0.105. The summed E-state index contributed by atoms with van der Waals surface area (Å²) in [5.41, 5.74) is 2.80. The van der Waals surface area contributed by atoms with Gasteiger partial charge in [-0.15, -0.1) is 0 Å². The van der Waals surface area contributed by atoms with Crippen LogP contribution in [0.1, 0.15) is 18.1 Å². The summed E-state index contributed by atoms with van der Waals surface area (Å²) in [4.78, 5) is 8.56. The third-order valence-corrected chi connectivity index (χ3v) is 2.97. The van der Waals surface area contributed by atoms with Crippen molar-refractivity contribution in [2.45, 2.75) is 6.92 Å². The molecule has 2 aromatic carbocycles. The zero-order valence-electron chi connectivity index (χ0n) is 13.4. The molecule has 0 saturated carbocycles. The van der Waals surface area contributed by atoms with Gasteiger partial charge in [0.25, 0.3) is 0 Å². The Morgan fingerprint density at radius 1 is 1.08 bits per heavy atom. The van der Waals surface area contributed by atoms with E-state index in [9.17, 15) is 4.39 Å². The van der Waals surface area contributed by atoms with Crippen LogP contribution in [0.2, 0.25) is 0 Å². The molecule has 0 unspecified atom stereocenters. The number of hydrogen-bond acceptors (Lipinski definition) is 2. The lowest BCUT2D eigenvalue weighted by Gasteiger charge is -2.09. The number of halogens is 1. The Balaban J connectivity index is 0.000000648. The molecule has 24 heavy (non-hydrogen) atoms. The number of methoxy groups -OCH3 is 1. The van der Waals surface area contributed by atoms with E-state index in [0.29, 0.717) is 0 Å². The van der Waals surface area contributed by atoms with Gasteiger partial charge in [-0.2, -0.15) is 0 Å². The Labute approximate surface area is 140 Å². The van der Waals surface area contributed by atoms with Crippen molar-refractivity contribution in [3.63, 3.8) is 0 Å². The highest BCUT2D eigenvalue weighted by Gasteiger charge is 2.06. The van der Waals surface area contributed by atoms with Crippen molar-refractivity contribution >= 4 is 11.7 Å². The van der Waals surface area contributed by atoms with E-state index in [1.807, 2.05) is 55.5 Å². The molecule has 0 atom stereocenters. The maximum absolute atomic E-state index is 13.4. The van der Waals surface area contributed by atoms with Gasteiger partial charge in [0.1, 0.15) is 11.6 Å². The largest absolute Gasteiger partial charge is 0.503 e. The SMILES string of the molecule is C/C=C/C=C(/c1cccc(F)c1)c1cccc(OC)c1.O=C(O)O. The fourth-order valence-corrected chi connectivity index (χ4v) is 2.00. The fourth-order valence-electron chi connectivity index (χ4n) is 2.00. The minimum Gasteiger partial charge on any atom is -0.497 e. The minimum atomic E-state index is -1.83. The maximum Gasteiger partial charge on any atom is 0.503 e. The molecule has 5 heteroatoms. The summed E-state index contributed by atoms with van der Waals surface area (Å²) in [6, 6.07) is 14.4. The first-order valence-corrected chi connectivity index (χ1v) is 7.13. The van der Waals surface area contributed by atoms with Crippen LogP contribution in [0.5, 0.6) is 5.75 Å². The van der Waals surface area contributed by atoms with E-state index >= 15 is 0 Å². The summed E-state index contributed by atoms with van der Waals surface area (Å²) < 4.78 is 18.7. The Kier molecular flexibility index (Phi) is 7.78. The van der Waals surface area contributed by atoms with E-state index in [4.69, 9.17) is 19.7 Å². The lowest BCUT2D eigenvalue weighted by Crippen LogP contribution is -1.90. The minimum absolute atomic E-state index is 0.239. The number of hydrogen-bond donors (Lipinski definition) is 2. The van der Waals surface area contributed by atoms with Crippen LogP contribution in [0.4, 0.5) is 9.18 Å². The first-order valence-electron chi connectivity index (χ1n) is 7.13. The third kappa shape index (κ3) is 6.36. The molecule has 0 aromatic heterocycles. The lowest BCUT2D eigenvalue weighted by atomic mass is 9.97. The second-order valence-electron chi connectivity index (χ2n) is 4.63. The Bertz CT molecular complexity index is 732. The summed E-state index contributed by atoms with van der Waals surface area (Å²) in [5, 5.41) is 13.9. The molecule has 2 aromatic rings. The van der Waals surface area contributed by atoms with Crippen molar-refractivity contribution in [3.05, 3.63) is 83.7 Å². The monoisotopic (exact) mass is 330 g/mol. The summed E-state index contributed by atoms with van der Waals surface area (Å²) in [5.74, 6) is 0.544. The highest BCUT2D eigenvalue weighted by atomic mass is 19.1. The molecular formula is C19H19FO4. The van der Waals surface area contributed by atoms with Crippen LogP contribution in [0.3, 0.4) is 0 Å². The van der Waals surface area contributed by atoms with Gasteiger partial charge in [0, 0.05) is 0 Å². The highest BCUT2D eigenvalue weighted by Crippen LogP contribution is 2.26. The molecule has 126 valence electrons. The average molecular weight is 330 g/mol. The smallest absolute Gasteiger partial charge is 0.497 e. The molecule has 0 radical (unpaired) electrons. The molecule has 0 heterocycles. The van der Waals surface area contributed by atoms with Crippen molar-refractivity contribution in [2.75, 3.05) is 7.11 Å². The normalized spacial score (nSPS) is 10.9. The van der Waals surface area contributed by atoms with Crippen LogP contribution in [-0.4, -0.2) is 23.5 Å². The van der Waals surface area contributed by atoms with Gasteiger partial charge in [-0.05, 0) is 47.9 Å². The van der Waals surface area contributed by atoms with Gasteiger partial charge in [0.05, 0.1) is 7.11 Å². The van der Waals surface area contributed by atoms with Crippen molar-refractivity contribution in [1.82, 2.24) is 0 Å². The van der Waals surface area contributed by atoms with E-state index in [2.05, 4.69) is 0 Å². The molecule has 4 nitrogen and oxygen atoms in total. The molecule has 2 N–H and O–H groups in total. The Morgan fingerprint density at radius 3 is 2.21 bits per heavy atom. The number of ether oxygens (including phenoxy) is 1. The van der Waals surface area contributed by atoms with Crippen LogP contribution < -0.4 is 4.74 Å². The number of carbonyl (C=O) groups is 1. The third-order valence-electron chi connectivity index (χ3n) is 2.97. The number of allylic oxidation sites excluding steroid dienone is 3. The zero-order valence-corrected chi connectivity index (χ0v) is 13.4. The summed E-state index contributed by atoms with van der Waals surface area (Å²) in [7, 11) is 1.64. The predicted octanol–water partition coefficient (Wildman–Crippen LogP) is 5.06. The van der Waals surface area contributed by atoms with Crippen LogP contribution in [0, 0.1) is 5.82 Å². The molecule has 0 saturated heterocycles. The molecular weight excluding hydrogens is 311 g/mol. The second kappa shape index (κ2) is 9.84. The van der Waals surface area contributed by atoms with Crippen molar-refractivity contribution in [3.8, 4) is 5.75 Å². The molecule has 0 amide bonds. The van der Waals surface area contributed by atoms with E-state index in [0.717, 1.165) is 22.4 Å². The topological polar surface area (TPSA) is 66.8 Å². The number of benzene rings is 2. The van der Waals surface area contributed by atoms with Gasteiger partial charge in [-0.3, -0.25) is 0 Å².